The number of nitrogens with two attached hydrogens (primary N) is 1. The van der Waals surface area contributed by atoms with Crippen LogP contribution >= 0.6 is 0 Å². The largest absolute Gasteiger partial charge is 0.389 e. The number of benzene rings is 1. The minimum absolute atomic E-state index is 0.0556. The van der Waals surface area contributed by atoms with E-state index < -0.39 is 11.0 Å². The number of anilines is 1. The fraction of sp³-hybridized carbons (Fsp3) is 0.562. The van der Waals surface area contributed by atoms with Crippen LogP contribution in [0.5, 0.6) is 0 Å². The quantitative estimate of drug-likeness (QED) is 0.829. The molecule has 21 heavy (non-hydrogen) atoms. The number of hydrogen-bond donors (Lipinski definition) is 2. The number of carbonyl (C=O) groups is 1. The lowest BCUT2D eigenvalue weighted by atomic mass is 9.66. The monoisotopic (exact) mass is 292 g/mol. The third kappa shape index (κ3) is 2.34. The van der Waals surface area contributed by atoms with Crippen LogP contribution in [0.3, 0.4) is 0 Å². The van der Waals surface area contributed by atoms with E-state index in [9.17, 15) is 14.3 Å². The highest BCUT2D eigenvalue weighted by Gasteiger charge is 2.53. The summed E-state index contributed by atoms with van der Waals surface area (Å²) in [5.41, 5.74) is 5.43. The maximum Gasteiger partial charge on any atom is 0.233 e. The Kier molecular flexibility index (Phi) is 3.30. The Bertz CT molecular complexity index is 558. The van der Waals surface area contributed by atoms with E-state index >= 15 is 0 Å². The summed E-state index contributed by atoms with van der Waals surface area (Å²) in [6.45, 7) is 2.36. The van der Waals surface area contributed by atoms with Crippen molar-refractivity contribution in [2.45, 2.75) is 44.2 Å². The minimum atomic E-state index is -0.894. The van der Waals surface area contributed by atoms with Gasteiger partial charge in [-0.3, -0.25) is 4.79 Å². The van der Waals surface area contributed by atoms with Gasteiger partial charge in [0.1, 0.15) is 5.82 Å². The van der Waals surface area contributed by atoms with E-state index in [1.807, 2.05) is 0 Å². The zero-order valence-electron chi connectivity index (χ0n) is 12.2. The topological polar surface area (TPSA) is 66.6 Å². The van der Waals surface area contributed by atoms with Crippen LogP contribution in [0, 0.1) is 11.2 Å². The van der Waals surface area contributed by atoms with Crippen molar-refractivity contribution in [1.82, 2.24) is 0 Å². The van der Waals surface area contributed by atoms with Crippen LogP contribution < -0.4 is 10.6 Å². The van der Waals surface area contributed by atoms with Crippen LogP contribution in [0.25, 0.3) is 0 Å². The molecule has 1 spiro atoms. The van der Waals surface area contributed by atoms with Crippen LogP contribution in [-0.2, 0) is 4.79 Å². The van der Waals surface area contributed by atoms with Gasteiger partial charge in [-0.05, 0) is 56.9 Å². The lowest BCUT2D eigenvalue weighted by Crippen LogP contribution is -2.55. The maximum atomic E-state index is 13.0. The van der Waals surface area contributed by atoms with Gasteiger partial charge in [-0.1, -0.05) is 0 Å². The molecule has 2 fully saturated rings. The molecule has 1 aliphatic carbocycles. The summed E-state index contributed by atoms with van der Waals surface area (Å²) in [6, 6.07) is 5.61. The molecule has 3 N–H and O–H groups in total. The molecule has 1 aromatic carbocycles. The molecule has 0 aromatic heterocycles. The number of halogens is 1. The summed E-state index contributed by atoms with van der Waals surface area (Å²) in [4.78, 5) is 14.5. The molecule has 1 saturated carbocycles. The predicted octanol–water partition coefficient (Wildman–Crippen LogP) is 1.81. The standard InChI is InChI=1S/C16H21FN2O2/c1-15(21)6-7-16(10-13(15)18)8-9-19(14(16)20)12-4-2-11(17)3-5-12/h2-5,13,21H,6-10,18H2,1H3. The van der Waals surface area contributed by atoms with E-state index in [4.69, 9.17) is 5.73 Å². The SMILES string of the molecule is CC1(O)CCC2(CCN(c3ccc(F)cc3)C2=O)CC1N. The predicted molar refractivity (Wildman–Crippen MR) is 78.3 cm³/mol. The summed E-state index contributed by atoms with van der Waals surface area (Å²) < 4.78 is 13.0. The summed E-state index contributed by atoms with van der Waals surface area (Å²) in [6.07, 6.45) is 2.45. The second-order valence-corrected chi connectivity index (χ2v) is 6.63. The summed E-state index contributed by atoms with van der Waals surface area (Å²) >= 11 is 0. The molecule has 3 atom stereocenters. The zero-order valence-corrected chi connectivity index (χ0v) is 12.2. The maximum absolute atomic E-state index is 13.0. The number of aliphatic hydroxyl groups is 1. The van der Waals surface area contributed by atoms with Crippen molar-refractivity contribution in [2.75, 3.05) is 11.4 Å². The van der Waals surface area contributed by atoms with Gasteiger partial charge < -0.3 is 15.7 Å². The number of rotatable bonds is 1. The first-order valence-electron chi connectivity index (χ1n) is 7.40. The number of nitrogens with zero attached hydrogens (tertiary/aromatic N) is 1. The van der Waals surface area contributed by atoms with Crippen molar-refractivity contribution < 1.29 is 14.3 Å². The Morgan fingerprint density at radius 2 is 1.95 bits per heavy atom. The van der Waals surface area contributed by atoms with E-state index in [0.717, 1.165) is 12.1 Å². The Morgan fingerprint density at radius 3 is 2.57 bits per heavy atom. The van der Waals surface area contributed by atoms with E-state index in [1.165, 1.54) is 12.1 Å². The number of carbonyl (C=O) groups excluding carboxylic acids is 1. The molecule has 3 rings (SSSR count). The number of hydrogen-bond acceptors (Lipinski definition) is 3. The summed E-state index contributed by atoms with van der Waals surface area (Å²) in [5.74, 6) is -0.254. The van der Waals surface area contributed by atoms with Crippen LogP contribution in [0.15, 0.2) is 24.3 Å². The Balaban J connectivity index is 1.82. The zero-order chi connectivity index (χ0) is 15.3. The second-order valence-electron chi connectivity index (χ2n) is 6.63. The molecular weight excluding hydrogens is 271 g/mol. The van der Waals surface area contributed by atoms with Crippen molar-refractivity contribution in [3.63, 3.8) is 0 Å². The average molecular weight is 292 g/mol. The summed E-state index contributed by atoms with van der Waals surface area (Å²) in [7, 11) is 0. The summed E-state index contributed by atoms with van der Waals surface area (Å²) in [5, 5.41) is 10.2. The van der Waals surface area contributed by atoms with Gasteiger partial charge in [-0.25, -0.2) is 4.39 Å². The Morgan fingerprint density at radius 1 is 1.29 bits per heavy atom. The molecule has 3 unspecified atom stereocenters. The van der Waals surface area contributed by atoms with E-state index in [1.54, 1.807) is 24.0 Å². The van der Waals surface area contributed by atoms with Gasteiger partial charge in [0, 0.05) is 18.3 Å². The molecule has 1 aromatic rings. The first-order valence-corrected chi connectivity index (χ1v) is 7.40. The third-order valence-corrected chi connectivity index (χ3v) is 5.17. The molecular formula is C16H21FN2O2. The van der Waals surface area contributed by atoms with E-state index in [-0.39, 0.29) is 17.8 Å². The Hall–Kier alpha value is -1.46. The fourth-order valence-electron chi connectivity index (χ4n) is 3.53. The van der Waals surface area contributed by atoms with Crippen molar-refractivity contribution in [3.05, 3.63) is 30.1 Å². The third-order valence-electron chi connectivity index (χ3n) is 5.17. The molecule has 2 aliphatic rings. The molecule has 1 heterocycles. The van der Waals surface area contributed by atoms with Gasteiger partial charge in [0.15, 0.2) is 0 Å². The van der Waals surface area contributed by atoms with Gasteiger partial charge in [-0.15, -0.1) is 0 Å². The van der Waals surface area contributed by atoms with Gasteiger partial charge >= 0.3 is 0 Å². The van der Waals surface area contributed by atoms with Crippen LogP contribution in [0.2, 0.25) is 0 Å². The van der Waals surface area contributed by atoms with Crippen LogP contribution in [0.1, 0.15) is 32.6 Å². The van der Waals surface area contributed by atoms with Crippen LogP contribution in [0.4, 0.5) is 10.1 Å². The normalized spacial score (nSPS) is 36.5. The molecule has 4 nitrogen and oxygen atoms in total. The lowest BCUT2D eigenvalue weighted by Gasteiger charge is -2.43. The van der Waals surface area contributed by atoms with E-state index in [2.05, 4.69) is 0 Å². The molecule has 0 bridgehead atoms. The first kappa shape index (κ1) is 14.5. The van der Waals surface area contributed by atoms with Gasteiger partial charge in [-0.2, -0.15) is 0 Å². The molecule has 1 aliphatic heterocycles. The van der Waals surface area contributed by atoms with Gasteiger partial charge in [0.2, 0.25) is 5.91 Å². The van der Waals surface area contributed by atoms with Gasteiger partial charge in [0.25, 0.3) is 0 Å². The molecule has 1 amide bonds. The molecule has 114 valence electrons. The molecule has 1 saturated heterocycles. The van der Waals surface area contributed by atoms with Gasteiger partial charge in [0.05, 0.1) is 11.0 Å². The highest BCUT2D eigenvalue weighted by molar-refractivity contribution is 6.00. The van der Waals surface area contributed by atoms with Crippen molar-refractivity contribution in [2.24, 2.45) is 11.1 Å². The highest BCUT2D eigenvalue weighted by Crippen LogP contribution is 2.48. The first-order chi connectivity index (χ1) is 9.84. The second kappa shape index (κ2) is 4.78. The van der Waals surface area contributed by atoms with Crippen molar-refractivity contribution in [1.29, 1.82) is 0 Å². The molecule has 0 radical (unpaired) electrons. The van der Waals surface area contributed by atoms with Crippen molar-refractivity contribution >= 4 is 11.6 Å². The smallest absolute Gasteiger partial charge is 0.233 e. The van der Waals surface area contributed by atoms with Crippen molar-refractivity contribution in [3.8, 4) is 0 Å². The average Bonchev–Trinajstić information content (AvgIpc) is 2.74. The number of amides is 1. The Labute approximate surface area is 123 Å². The highest BCUT2D eigenvalue weighted by atomic mass is 19.1. The molecule has 5 heteroatoms. The lowest BCUT2D eigenvalue weighted by molar-refractivity contribution is -0.131. The fourth-order valence-corrected chi connectivity index (χ4v) is 3.53. The minimum Gasteiger partial charge on any atom is -0.389 e. The van der Waals surface area contributed by atoms with E-state index in [0.29, 0.717) is 25.8 Å². The van der Waals surface area contributed by atoms with Crippen LogP contribution in [-0.4, -0.2) is 29.2 Å².